The van der Waals surface area contributed by atoms with Gasteiger partial charge in [-0.2, -0.15) is 13.2 Å². The summed E-state index contributed by atoms with van der Waals surface area (Å²) in [5, 5.41) is 0.462. The quantitative estimate of drug-likeness (QED) is 0.845. The van der Waals surface area contributed by atoms with Crippen LogP contribution in [0, 0.1) is 0 Å². The molecule has 1 saturated heterocycles. The van der Waals surface area contributed by atoms with Crippen molar-refractivity contribution in [3.8, 4) is 0 Å². The molecule has 1 aliphatic heterocycles. The third-order valence-electron chi connectivity index (χ3n) is 3.98. The molecule has 2 aromatic rings. The fourth-order valence-corrected chi connectivity index (χ4v) is 3.74. The normalized spacial score (nSPS) is 20.0. The van der Waals surface area contributed by atoms with Crippen LogP contribution in [0.5, 0.6) is 0 Å². The van der Waals surface area contributed by atoms with E-state index in [1.165, 1.54) is 5.56 Å². The number of hydrogen-bond acceptors (Lipinski definition) is 4. The summed E-state index contributed by atoms with van der Waals surface area (Å²) in [5.74, 6) is 0. The average molecular weight is 341 g/mol. The van der Waals surface area contributed by atoms with Crippen LogP contribution in [0.2, 0.25) is 0 Å². The van der Waals surface area contributed by atoms with Gasteiger partial charge in [0.25, 0.3) is 0 Å². The highest BCUT2D eigenvalue weighted by Crippen LogP contribution is 2.37. The van der Waals surface area contributed by atoms with Gasteiger partial charge in [-0.1, -0.05) is 41.7 Å². The number of piperazine rings is 1. The Kier molecular flexibility index (Phi) is 4.59. The van der Waals surface area contributed by atoms with Crippen LogP contribution < -0.4 is 4.90 Å². The molecule has 0 unspecified atom stereocenters. The predicted octanol–water partition coefficient (Wildman–Crippen LogP) is 3.87. The lowest BCUT2D eigenvalue weighted by atomic mass is 10.1. The fraction of sp³-hybridized carbons (Fsp3) is 0.438. The zero-order valence-corrected chi connectivity index (χ0v) is 13.6. The van der Waals surface area contributed by atoms with Crippen LogP contribution in [0.4, 0.5) is 18.3 Å². The van der Waals surface area contributed by atoms with Crippen LogP contribution >= 0.6 is 11.3 Å². The fourth-order valence-electron chi connectivity index (χ4n) is 2.83. The second-order valence-corrected chi connectivity index (χ2v) is 6.78. The summed E-state index contributed by atoms with van der Waals surface area (Å²) in [6.07, 6.45) is -3.38. The van der Waals surface area contributed by atoms with E-state index in [1.54, 1.807) is 0 Å². The van der Waals surface area contributed by atoms with E-state index in [2.05, 4.69) is 22.0 Å². The monoisotopic (exact) mass is 341 g/mol. The summed E-state index contributed by atoms with van der Waals surface area (Å²) in [5.41, 5.74) is 1.25. The first-order valence-corrected chi connectivity index (χ1v) is 8.31. The maximum absolute atomic E-state index is 12.7. The molecule has 1 atom stereocenters. The van der Waals surface area contributed by atoms with E-state index < -0.39 is 11.1 Å². The van der Waals surface area contributed by atoms with Gasteiger partial charge in [0.15, 0.2) is 5.13 Å². The van der Waals surface area contributed by atoms with E-state index >= 15 is 0 Å². The Labute approximate surface area is 137 Å². The molecule has 1 fully saturated rings. The molecule has 7 heteroatoms. The van der Waals surface area contributed by atoms with Crippen molar-refractivity contribution in [3.63, 3.8) is 0 Å². The van der Waals surface area contributed by atoms with Crippen molar-refractivity contribution in [1.82, 2.24) is 9.88 Å². The van der Waals surface area contributed by atoms with E-state index in [1.807, 2.05) is 30.0 Å². The van der Waals surface area contributed by atoms with E-state index in [-0.39, 0.29) is 6.04 Å². The summed E-state index contributed by atoms with van der Waals surface area (Å²) >= 11 is 0.727. The summed E-state index contributed by atoms with van der Waals surface area (Å²) < 4.78 is 38.1. The molecule has 124 valence electrons. The van der Waals surface area contributed by atoms with Crippen molar-refractivity contribution in [2.75, 3.05) is 24.5 Å². The topological polar surface area (TPSA) is 19.4 Å². The van der Waals surface area contributed by atoms with Crippen LogP contribution in [-0.2, 0) is 12.7 Å². The molecule has 1 aromatic heterocycles. The molecular formula is C16H18F3N3S. The van der Waals surface area contributed by atoms with Crippen molar-refractivity contribution in [1.29, 1.82) is 0 Å². The number of rotatable bonds is 3. The highest BCUT2D eigenvalue weighted by atomic mass is 32.1. The Morgan fingerprint density at radius 3 is 2.57 bits per heavy atom. The molecule has 3 rings (SSSR count). The lowest BCUT2D eigenvalue weighted by Crippen LogP contribution is -2.51. The number of anilines is 1. The number of benzene rings is 1. The van der Waals surface area contributed by atoms with Gasteiger partial charge in [0.05, 0.1) is 6.20 Å². The Hall–Kier alpha value is -1.60. The minimum absolute atomic E-state index is 0.139. The van der Waals surface area contributed by atoms with Crippen LogP contribution in [-0.4, -0.2) is 35.6 Å². The Morgan fingerprint density at radius 1 is 1.22 bits per heavy atom. The summed E-state index contributed by atoms with van der Waals surface area (Å²) in [7, 11) is 0. The highest BCUT2D eigenvalue weighted by molar-refractivity contribution is 7.15. The smallest absolute Gasteiger partial charge is 0.343 e. The van der Waals surface area contributed by atoms with Crippen LogP contribution in [0.25, 0.3) is 0 Å². The van der Waals surface area contributed by atoms with Crippen LogP contribution in [0.1, 0.15) is 17.4 Å². The van der Waals surface area contributed by atoms with Gasteiger partial charge in [0.2, 0.25) is 0 Å². The van der Waals surface area contributed by atoms with Crippen LogP contribution in [0.3, 0.4) is 0 Å². The van der Waals surface area contributed by atoms with Gasteiger partial charge in [-0.15, -0.1) is 0 Å². The molecule has 2 heterocycles. The molecule has 23 heavy (non-hydrogen) atoms. The molecular weight excluding hydrogens is 323 g/mol. The largest absolute Gasteiger partial charge is 0.427 e. The van der Waals surface area contributed by atoms with Crippen molar-refractivity contribution in [2.24, 2.45) is 0 Å². The van der Waals surface area contributed by atoms with E-state index in [4.69, 9.17) is 0 Å². The standard InChI is InChI=1S/C16H18F3N3S/c1-12-10-21(11-13-5-3-2-4-6-13)7-8-22(12)15-20-9-14(23-15)16(17,18)19/h2-6,9,12H,7-8,10-11H2,1H3/t12-/m1/s1. The van der Waals surface area contributed by atoms with Crippen molar-refractivity contribution in [3.05, 3.63) is 47.0 Å². The molecule has 0 bridgehead atoms. The van der Waals surface area contributed by atoms with Gasteiger partial charge < -0.3 is 4.90 Å². The molecule has 0 N–H and O–H groups in total. The first kappa shape index (κ1) is 16.3. The second-order valence-electron chi connectivity index (χ2n) is 5.77. The van der Waals surface area contributed by atoms with E-state index in [9.17, 15) is 13.2 Å². The Morgan fingerprint density at radius 2 is 1.96 bits per heavy atom. The number of hydrogen-bond donors (Lipinski definition) is 0. The molecule has 0 aliphatic carbocycles. The summed E-state index contributed by atoms with van der Waals surface area (Å²) in [4.78, 5) is 7.64. The summed E-state index contributed by atoms with van der Waals surface area (Å²) in [6, 6.07) is 10.3. The average Bonchev–Trinajstić information content (AvgIpc) is 2.98. The first-order chi connectivity index (χ1) is 10.9. The minimum atomic E-state index is -4.31. The number of halogens is 3. The molecule has 0 saturated carbocycles. The van der Waals surface area contributed by atoms with E-state index in [0.29, 0.717) is 11.7 Å². The number of aromatic nitrogens is 1. The van der Waals surface area contributed by atoms with Gasteiger partial charge >= 0.3 is 6.18 Å². The Balaban J connectivity index is 1.63. The van der Waals surface area contributed by atoms with E-state index in [0.717, 1.165) is 37.2 Å². The Bertz CT molecular complexity index is 642. The second kappa shape index (κ2) is 6.49. The molecule has 0 spiro atoms. The zero-order chi connectivity index (χ0) is 16.4. The third-order valence-corrected chi connectivity index (χ3v) is 5.06. The SMILES string of the molecule is C[C@@H]1CN(Cc2ccccc2)CCN1c1ncc(C(F)(F)F)s1. The molecule has 0 amide bonds. The molecule has 1 aliphatic rings. The van der Waals surface area contributed by atoms with Gasteiger partial charge in [-0.05, 0) is 12.5 Å². The highest BCUT2D eigenvalue weighted by Gasteiger charge is 2.35. The van der Waals surface area contributed by atoms with Gasteiger partial charge in [0.1, 0.15) is 4.88 Å². The maximum Gasteiger partial charge on any atom is 0.427 e. The maximum atomic E-state index is 12.7. The number of thiazole rings is 1. The first-order valence-electron chi connectivity index (χ1n) is 7.49. The van der Waals surface area contributed by atoms with Crippen molar-refractivity contribution >= 4 is 16.5 Å². The number of nitrogens with zero attached hydrogens (tertiary/aromatic N) is 3. The zero-order valence-electron chi connectivity index (χ0n) is 12.8. The van der Waals surface area contributed by atoms with Crippen molar-refractivity contribution < 1.29 is 13.2 Å². The van der Waals surface area contributed by atoms with Gasteiger partial charge in [-0.3, -0.25) is 4.90 Å². The van der Waals surface area contributed by atoms with Gasteiger partial charge in [-0.25, -0.2) is 4.98 Å². The molecule has 3 nitrogen and oxygen atoms in total. The lowest BCUT2D eigenvalue weighted by molar-refractivity contribution is -0.134. The summed E-state index contributed by atoms with van der Waals surface area (Å²) in [6.45, 7) is 5.23. The third kappa shape index (κ3) is 3.84. The molecule has 1 aromatic carbocycles. The minimum Gasteiger partial charge on any atom is -0.343 e. The predicted molar refractivity (Wildman–Crippen MR) is 85.6 cm³/mol. The number of alkyl halides is 3. The van der Waals surface area contributed by atoms with Crippen LogP contribution in [0.15, 0.2) is 36.5 Å². The van der Waals surface area contributed by atoms with Crippen molar-refractivity contribution in [2.45, 2.75) is 25.7 Å². The lowest BCUT2D eigenvalue weighted by Gasteiger charge is -2.39. The van der Waals surface area contributed by atoms with Gasteiger partial charge in [0, 0.05) is 32.2 Å². The molecule has 0 radical (unpaired) electrons.